The zero-order chi connectivity index (χ0) is 18.8. The zero-order valence-electron chi connectivity index (χ0n) is 13.7. The monoisotopic (exact) mass is 419 g/mol. The van der Waals surface area contributed by atoms with E-state index in [2.05, 4.69) is 15.9 Å². The van der Waals surface area contributed by atoms with E-state index in [9.17, 15) is 20.0 Å². The van der Waals surface area contributed by atoms with E-state index in [4.69, 9.17) is 9.47 Å². The first-order valence-corrected chi connectivity index (χ1v) is 8.43. The molecule has 0 aliphatic carbocycles. The molecule has 8 heteroatoms. The minimum absolute atomic E-state index is 0.0345. The van der Waals surface area contributed by atoms with Gasteiger partial charge >= 0.3 is 5.69 Å². The second-order valence-corrected chi connectivity index (χ2v) is 6.50. The number of ether oxygens (including phenoxy) is 2. The van der Waals surface area contributed by atoms with Gasteiger partial charge < -0.3 is 14.6 Å². The van der Waals surface area contributed by atoms with Gasteiger partial charge in [-0.1, -0.05) is 15.9 Å². The number of ketones is 1. The van der Waals surface area contributed by atoms with E-state index >= 15 is 0 Å². The van der Waals surface area contributed by atoms with E-state index in [-0.39, 0.29) is 11.5 Å². The molecule has 1 N–H and O–H groups in total. The maximum Gasteiger partial charge on any atom is 0.315 e. The molecule has 26 heavy (non-hydrogen) atoms. The average molecular weight is 420 g/mol. The third-order valence-corrected chi connectivity index (χ3v) is 4.44. The van der Waals surface area contributed by atoms with Crippen LogP contribution in [-0.4, -0.2) is 29.5 Å². The number of carbonyl (C=O) groups excluding carboxylic acids is 1. The van der Waals surface area contributed by atoms with E-state index in [1.54, 1.807) is 24.3 Å². The lowest BCUT2D eigenvalue weighted by Gasteiger charge is -2.07. The highest BCUT2D eigenvalue weighted by Gasteiger charge is 2.23. The molecule has 0 fully saturated rings. The number of nitro benzene ring substituents is 1. The number of hydrogen-bond donors (Lipinski definition) is 1. The Kier molecular flexibility index (Phi) is 4.94. The molecular weight excluding hydrogens is 406 g/mol. The van der Waals surface area contributed by atoms with Gasteiger partial charge in [-0.15, -0.1) is 0 Å². The first kappa shape index (κ1) is 17.9. The van der Waals surface area contributed by atoms with Crippen LogP contribution < -0.4 is 9.47 Å². The fourth-order valence-corrected chi connectivity index (χ4v) is 3.03. The Hall–Kier alpha value is -2.87. The van der Waals surface area contributed by atoms with Crippen LogP contribution in [0.4, 0.5) is 5.69 Å². The quantitative estimate of drug-likeness (QED) is 0.456. The number of methoxy groups -OCH3 is 1. The number of rotatable bonds is 3. The van der Waals surface area contributed by atoms with Crippen molar-refractivity contribution in [2.45, 2.75) is 6.42 Å². The van der Waals surface area contributed by atoms with Gasteiger partial charge in [0.1, 0.15) is 5.75 Å². The highest BCUT2D eigenvalue weighted by atomic mass is 79.9. The normalized spacial score (nSPS) is 15.2. The van der Waals surface area contributed by atoms with Crippen LogP contribution in [0.2, 0.25) is 0 Å². The first-order chi connectivity index (χ1) is 12.4. The van der Waals surface area contributed by atoms with Gasteiger partial charge in [-0.2, -0.15) is 0 Å². The lowest BCUT2D eigenvalue weighted by molar-refractivity contribution is -0.386. The van der Waals surface area contributed by atoms with Gasteiger partial charge in [-0.25, -0.2) is 0 Å². The van der Waals surface area contributed by atoms with Crippen molar-refractivity contribution in [1.82, 2.24) is 0 Å². The summed E-state index contributed by atoms with van der Waals surface area (Å²) < 4.78 is 11.4. The molecular formula is C18H14BrNO6. The Morgan fingerprint density at radius 1 is 1.35 bits per heavy atom. The van der Waals surface area contributed by atoms with Gasteiger partial charge in [0.25, 0.3) is 0 Å². The SMILES string of the molecule is COc1cc(/C=C2\CCOc3cc(Br)ccc3C2=O)cc([N+](=O)[O-])c1O. The third kappa shape index (κ3) is 3.41. The van der Waals surface area contributed by atoms with Crippen LogP contribution in [0.15, 0.2) is 40.4 Å². The molecule has 0 aromatic heterocycles. The summed E-state index contributed by atoms with van der Waals surface area (Å²) in [7, 11) is 1.30. The highest BCUT2D eigenvalue weighted by Crippen LogP contribution is 2.38. The Morgan fingerprint density at radius 3 is 2.81 bits per heavy atom. The number of phenolic OH excluding ortho intramolecular Hbond substituents is 1. The van der Waals surface area contributed by atoms with Crippen molar-refractivity contribution in [2.75, 3.05) is 13.7 Å². The van der Waals surface area contributed by atoms with Crippen LogP contribution in [0.5, 0.6) is 17.2 Å². The maximum atomic E-state index is 12.8. The van der Waals surface area contributed by atoms with E-state index in [1.807, 2.05) is 0 Å². The van der Waals surface area contributed by atoms with Crippen molar-refractivity contribution in [3.63, 3.8) is 0 Å². The number of benzene rings is 2. The molecule has 0 spiro atoms. The Balaban J connectivity index is 2.07. The number of nitrogens with zero attached hydrogens (tertiary/aromatic N) is 1. The molecule has 134 valence electrons. The number of phenols is 1. The number of nitro groups is 1. The molecule has 0 radical (unpaired) electrons. The molecule has 1 aliphatic rings. The molecule has 0 atom stereocenters. The lowest BCUT2D eigenvalue weighted by Crippen LogP contribution is -2.02. The first-order valence-electron chi connectivity index (χ1n) is 7.63. The van der Waals surface area contributed by atoms with Gasteiger partial charge in [0.2, 0.25) is 5.75 Å². The van der Waals surface area contributed by atoms with E-state index in [1.165, 1.54) is 19.2 Å². The molecule has 1 aliphatic heterocycles. The smallest absolute Gasteiger partial charge is 0.315 e. The molecule has 0 bridgehead atoms. The average Bonchev–Trinajstić information content (AvgIpc) is 2.75. The van der Waals surface area contributed by atoms with Gasteiger partial charge in [0.05, 0.1) is 24.2 Å². The molecule has 0 saturated heterocycles. The van der Waals surface area contributed by atoms with Crippen LogP contribution in [0.3, 0.4) is 0 Å². The second kappa shape index (κ2) is 7.17. The van der Waals surface area contributed by atoms with Crippen LogP contribution >= 0.6 is 15.9 Å². The number of halogens is 1. The number of hydrogen-bond acceptors (Lipinski definition) is 6. The molecule has 2 aromatic rings. The van der Waals surface area contributed by atoms with Crippen molar-refractivity contribution in [2.24, 2.45) is 0 Å². The van der Waals surface area contributed by atoms with E-state index in [0.717, 1.165) is 4.47 Å². The summed E-state index contributed by atoms with van der Waals surface area (Å²) in [5, 5.41) is 21.0. The summed E-state index contributed by atoms with van der Waals surface area (Å²) in [5.74, 6) is -0.306. The van der Waals surface area contributed by atoms with Gasteiger partial charge in [-0.05, 0) is 35.9 Å². The van der Waals surface area contributed by atoms with Crippen LogP contribution in [0.25, 0.3) is 6.08 Å². The summed E-state index contributed by atoms with van der Waals surface area (Å²) in [6.45, 7) is 0.304. The molecule has 0 unspecified atom stereocenters. The Bertz CT molecular complexity index is 938. The van der Waals surface area contributed by atoms with Gasteiger partial charge in [-0.3, -0.25) is 14.9 Å². The van der Waals surface area contributed by atoms with Gasteiger partial charge in [0.15, 0.2) is 11.5 Å². The summed E-state index contributed by atoms with van der Waals surface area (Å²) in [6, 6.07) is 7.78. The minimum atomic E-state index is -0.704. The number of Topliss-reactive ketones (excluding diaryl/α,β-unsaturated/α-hetero) is 1. The lowest BCUT2D eigenvalue weighted by atomic mass is 9.98. The molecule has 1 heterocycles. The largest absolute Gasteiger partial charge is 0.500 e. The second-order valence-electron chi connectivity index (χ2n) is 5.59. The van der Waals surface area contributed by atoms with Crippen molar-refractivity contribution >= 4 is 33.5 Å². The van der Waals surface area contributed by atoms with Gasteiger partial charge in [0, 0.05) is 22.5 Å². The van der Waals surface area contributed by atoms with Crippen molar-refractivity contribution in [1.29, 1.82) is 0 Å². The summed E-state index contributed by atoms with van der Waals surface area (Å²) in [5.41, 5.74) is 0.776. The van der Waals surface area contributed by atoms with Crippen molar-refractivity contribution in [3.8, 4) is 17.2 Å². The standard InChI is InChI=1S/C18H14BrNO6/c1-25-16-8-10(7-14(18(16)22)20(23)24)6-11-4-5-26-15-9-12(19)2-3-13(15)17(11)21/h2-3,6-9,22H,4-5H2,1H3/b11-6+. The Labute approximate surface area is 157 Å². The predicted molar refractivity (Wildman–Crippen MR) is 97.9 cm³/mol. The number of aromatic hydroxyl groups is 1. The molecule has 0 amide bonds. The fraction of sp³-hybridized carbons (Fsp3) is 0.167. The molecule has 0 saturated carbocycles. The molecule has 2 aromatic carbocycles. The van der Waals surface area contributed by atoms with Crippen LogP contribution in [-0.2, 0) is 0 Å². The summed E-state index contributed by atoms with van der Waals surface area (Å²) in [4.78, 5) is 23.2. The van der Waals surface area contributed by atoms with Crippen molar-refractivity contribution < 1.29 is 24.3 Å². The summed E-state index contributed by atoms with van der Waals surface area (Å²) in [6.07, 6.45) is 1.90. The number of fused-ring (bicyclic) bond motifs is 1. The van der Waals surface area contributed by atoms with Crippen LogP contribution in [0.1, 0.15) is 22.3 Å². The maximum absolute atomic E-state index is 12.8. The summed E-state index contributed by atoms with van der Waals surface area (Å²) >= 11 is 3.34. The molecule has 7 nitrogen and oxygen atoms in total. The van der Waals surface area contributed by atoms with E-state index in [0.29, 0.717) is 35.5 Å². The minimum Gasteiger partial charge on any atom is -0.500 e. The van der Waals surface area contributed by atoms with Crippen molar-refractivity contribution in [3.05, 3.63) is 61.6 Å². The third-order valence-electron chi connectivity index (χ3n) is 3.94. The highest BCUT2D eigenvalue weighted by molar-refractivity contribution is 9.10. The fourth-order valence-electron chi connectivity index (χ4n) is 2.69. The Morgan fingerprint density at radius 2 is 2.12 bits per heavy atom. The van der Waals surface area contributed by atoms with Crippen LogP contribution in [0, 0.1) is 10.1 Å². The predicted octanol–water partition coefficient (Wildman–Crippen LogP) is 4.12. The topological polar surface area (TPSA) is 98.9 Å². The molecule has 3 rings (SSSR count). The zero-order valence-corrected chi connectivity index (χ0v) is 15.3. The van der Waals surface area contributed by atoms with E-state index < -0.39 is 16.4 Å². The number of carbonyl (C=O) groups is 1.